The van der Waals surface area contributed by atoms with Gasteiger partial charge in [-0.3, -0.25) is 0 Å². The van der Waals surface area contributed by atoms with E-state index in [9.17, 15) is 9.59 Å². The summed E-state index contributed by atoms with van der Waals surface area (Å²) >= 11 is 0. The molecule has 0 aromatic rings. The molecule has 4 nitrogen and oxygen atoms in total. The zero-order valence-electron chi connectivity index (χ0n) is 12.3. The molecule has 0 aliphatic carbocycles. The first-order valence-corrected chi connectivity index (χ1v) is 6.60. The molecule has 0 rings (SSSR count). The minimum atomic E-state index is -0.935. The van der Waals surface area contributed by atoms with Crippen LogP contribution in [0.2, 0.25) is 0 Å². The van der Waals surface area contributed by atoms with E-state index in [0.717, 1.165) is 12.8 Å². The molecule has 0 saturated heterocycles. The molecule has 19 heavy (non-hydrogen) atoms. The van der Waals surface area contributed by atoms with E-state index in [1.807, 2.05) is 6.92 Å². The molecule has 0 saturated carbocycles. The Balaban J connectivity index is 0. The number of carbonyl (C=O) groups is 2. The molecule has 0 atom stereocenters. The van der Waals surface area contributed by atoms with E-state index < -0.39 is 5.97 Å². The fraction of sp³-hybridized carbons (Fsp3) is 0.600. The van der Waals surface area contributed by atoms with Crippen LogP contribution in [0.4, 0.5) is 0 Å². The number of carboxylic acids is 1. The van der Waals surface area contributed by atoms with Gasteiger partial charge in [-0.15, -0.1) is 0 Å². The summed E-state index contributed by atoms with van der Waals surface area (Å²) in [4.78, 5) is 20.7. The topological polar surface area (TPSA) is 63.6 Å². The third-order valence-corrected chi connectivity index (χ3v) is 2.31. The van der Waals surface area contributed by atoms with Gasteiger partial charge in [0.1, 0.15) is 0 Å². The normalized spacial score (nSPS) is 9.00. The average Bonchev–Trinajstić information content (AvgIpc) is 2.37. The maximum atomic E-state index is 11.1. The molecule has 0 aromatic carbocycles. The highest BCUT2D eigenvalue weighted by atomic mass is 16.5. The first-order valence-electron chi connectivity index (χ1n) is 6.60. The first-order chi connectivity index (χ1) is 8.86. The van der Waals surface area contributed by atoms with Gasteiger partial charge in [-0.25, -0.2) is 9.59 Å². The Kier molecular flexibility index (Phi) is 13.4. The van der Waals surface area contributed by atoms with Crippen LogP contribution in [0, 0.1) is 0 Å². The van der Waals surface area contributed by atoms with Gasteiger partial charge < -0.3 is 9.84 Å². The summed E-state index contributed by atoms with van der Waals surface area (Å²) in [5.74, 6) is -1.17. The molecule has 0 amide bonds. The van der Waals surface area contributed by atoms with Crippen LogP contribution in [0.5, 0.6) is 0 Å². The van der Waals surface area contributed by atoms with E-state index in [0.29, 0.717) is 18.6 Å². The molecule has 0 fully saturated rings. The van der Waals surface area contributed by atoms with E-state index in [-0.39, 0.29) is 11.5 Å². The van der Waals surface area contributed by atoms with Crippen molar-refractivity contribution in [1.82, 2.24) is 0 Å². The smallest absolute Gasteiger partial charge is 0.333 e. The van der Waals surface area contributed by atoms with Gasteiger partial charge in [-0.05, 0) is 19.8 Å². The van der Waals surface area contributed by atoms with Crippen molar-refractivity contribution in [1.29, 1.82) is 0 Å². The molecule has 4 heteroatoms. The molecule has 0 unspecified atom stereocenters. The molecule has 0 spiro atoms. The number of carboxylic acid groups (broad SMARTS) is 1. The van der Waals surface area contributed by atoms with E-state index in [1.165, 1.54) is 19.8 Å². The summed E-state index contributed by atoms with van der Waals surface area (Å²) in [6.07, 6.45) is 5.20. The van der Waals surface area contributed by atoms with Gasteiger partial charge in [0.05, 0.1) is 6.61 Å². The highest BCUT2D eigenvalue weighted by Crippen LogP contribution is 2.03. The zero-order valence-corrected chi connectivity index (χ0v) is 12.3. The van der Waals surface area contributed by atoms with Crippen LogP contribution in [-0.2, 0) is 14.3 Å². The number of rotatable bonds is 8. The largest absolute Gasteiger partial charge is 0.478 e. The van der Waals surface area contributed by atoms with Crippen molar-refractivity contribution in [2.24, 2.45) is 0 Å². The Hall–Kier alpha value is -1.58. The second-order valence-corrected chi connectivity index (χ2v) is 4.24. The van der Waals surface area contributed by atoms with Crippen molar-refractivity contribution in [3.05, 3.63) is 24.3 Å². The molecule has 0 bridgehead atoms. The number of hydrogen-bond donors (Lipinski definition) is 1. The highest BCUT2D eigenvalue weighted by Gasteiger charge is 2.04. The minimum Gasteiger partial charge on any atom is -0.478 e. The molecular formula is C15H26O4. The van der Waals surface area contributed by atoms with Gasteiger partial charge in [0.25, 0.3) is 0 Å². The maximum Gasteiger partial charge on any atom is 0.333 e. The van der Waals surface area contributed by atoms with Crippen molar-refractivity contribution < 1.29 is 19.4 Å². The predicted molar refractivity (Wildman–Crippen MR) is 77.0 cm³/mol. The number of hydrogen-bond acceptors (Lipinski definition) is 3. The number of aliphatic carboxylic acids is 1. The summed E-state index contributed by atoms with van der Waals surface area (Å²) in [6.45, 7) is 12.8. The van der Waals surface area contributed by atoms with Crippen LogP contribution >= 0.6 is 0 Å². The number of unbranched alkanes of at least 4 members (excludes halogenated alkanes) is 3. The molecule has 0 aromatic heterocycles. The average molecular weight is 270 g/mol. The van der Waals surface area contributed by atoms with Gasteiger partial charge in [-0.2, -0.15) is 0 Å². The summed E-state index contributed by atoms with van der Waals surface area (Å²) in [7, 11) is 0. The minimum absolute atomic E-state index is 0.176. The van der Waals surface area contributed by atoms with Crippen LogP contribution in [0.25, 0.3) is 0 Å². The van der Waals surface area contributed by atoms with Crippen LogP contribution in [0.3, 0.4) is 0 Å². The van der Waals surface area contributed by atoms with Crippen molar-refractivity contribution in [2.45, 2.75) is 52.9 Å². The third-order valence-electron chi connectivity index (χ3n) is 2.31. The Morgan fingerprint density at radius 1 is 1.11 bits per heavy atom. The summed E-state index contributed by atoms with van der Waals surface area (Å²) in [5, 5.41) is 7.89. The van der Waals surface area contributed by atoms with Crippen LogP contribution < -0.4 is 0 Å². The van der Waals surface area contributed by atoms with Crippen LogP contribution in [0.15, 0.2) is 24.3 Å². The molecular weight excluding hydrogens is 244 g/mol. The van der Waals surface area contributed by atoms with E-state index >= 15 is 0 Å². The monoisotopic (exact) mass is 270 g/mol. The van der Waals surface area contributed by atoms with E-state index in [1.54, 1.807) is 0 Å². The molecule has 0 aliphatic heterocycles. The highest BCUT2D eigenvalue weighted by molar-refractivity contribution is 5.87. The van der Waals surface area contributed by atoms with Crippen LogP contribution in [0.1, 0.15) is 52.9 Å². The van der Waals surface area contributed by atoms with Crippen molar-refractivity contribution in [3.63, 3.8) is 0 Å². The lowest BCUT2D eigenvalue weighted by Crippen LogP contribution is -2.07. The van der Waals surface area contributed by atoms with Gasteiger partial charge in [0.15, 0.2) is 0 Å². The van der Waals surface area contributed by atoms with Gasteiger partial charge >= 0.3 is 11.9 Å². The summed E-state index contributed by atoms with van der Waals surface area (Å²) < 4.78 is 5.00. The second-order valence-electron chi connectivity index (χ2n) is 4.24. The Labute approximate surface area is 116 Å². The molecule has 0 radical (unpaired) electrons. The lowest BCUT2D eigenvalue weighted by Gasteiger charge is -2.04. The fourth-order valence-corrected chi connectivity index (χ4v) is 0.940. The van der Waals surface area contributed by atoms with Crippen molar-refractivity contribution in [3.8, 4) is 0 Å². The molecule has 0 heterocycles. The van der Waals surface area contributed by atoms with Gasteiger partial charge in [-0.1, -0.05) is 46.3 Å². The number of esters is 1. The van der Waals surface area contributed by atoms with Crippen molar-refractivity contribution >= 4 is 11.9 Å². The standard InChI is InChI=1S/C11H20O2.C4H6O2/c1-4-6-7-8-9-13-11(12)10(3)5-2;1-3(2)4(5)6/h3-9H2,1-2H3;1H2,2H3,(H,5,6). The Bertz CT molecular complexity index is 293. The Morgan fingerprint density at radius 3 is 2.00 bits per heavy atom. The van der Waals surface area contributed by atoms with E-state index in [4.69, 9.17) is 9.84 Å². The van der Waals surface area contributed by atoms with Crippen molar-refractivity contribution in [2.75, 3.05) is 6.61 Å². The molecule has 0 aliphatic rings. The molecule has 1 N–H and O–H groups in total. The summed E-state index contributed by atoms with van der Waals surface area (Å²) in [6, 6.07) is 0. The fourth-order valence-electron chi connectivity index (χ4n) is 0.940. The summed E-state index contributed by atoms with van der Waals surface area (Å²) in [5.41, 5.74) is 0.741. The second kappa shape index (κ2) is 12.9. The van der Waals surface area contributed by atoms with Gasteiger partial charge in [0, 0.05) is 11.1 Å². The number of ether oxygens (including phenoxy) is 1. The van der Waals surface area contributed by atoms with Crippen LogP contribution in [-0.4, -0.2) is 23.7 Å². The molecule has 110 valence electrons. The first kappa shape index (κ1) is 19.8. The Morgan fingerprint density at radius 2 is 1.63 bits per heavy atom. The maximum absolute atomic E-state index is 11.1. The third kappa shape index (κ3) is 14.4. The van der Waals surface area contributed by atoms with E-state index in [2.05, 4.69) is 20.1 Å². The van der Waals surface area contributed by atoms with Gasteiger partial charge in [0.2, 0.25) is 0 Å². The lowest BCUT2D eigenvalue weighted by atomic mass is 10.2. The SMILES string of the molecule is C=C(C)C(=O)O.C=C(CC)C(=O)OCCCCCC. The lowest BCUT2D eigenvalue weighted by molar-refractivity contribution is -0.139. The quantitative estimate of drug-likeness (QED) is 0.415. The zero-order chi connectivity index (χ0) is 15.3. The number of carbonyl (C=O) groups excluding carboxylic acids is 1. The predicted octanol–water partition coefficient (Wildman–Crippen LogP) is 3.72.